The molecule has 1 aromatic rings. The van der Waals surface area contributed by atoms with E-state index in [0.29, 0.717) is 18.9 Å². The van der Waals surface area contributed by atoms with Crippen LogP contribution in [0.25, 0.3) is 0 Å². The average molecular weight is 235 g/mol. The summed E-state index contributed by atoms with van der Waals surface area (Å²) in [5.74, 6) is 0.315. The molecule has 17 heavy (non-hydrogen) atoms. The Hall–Kier alpha value is -1.42. The molecule has 0 aromatic carbocycles. The lowest BCUT2D eigenvalue weighted by Gasteiger charge is -2.13. The van der Waals surface area contributed by atoms with E-state index in [0.717, 1.165) is 11.4 Å². The monoisotopic (exact) mass is 235 g/mol. The molecule has 4 nitrogen and oxygen atoms in total. The van der Waals surface area contributed by atoms with Crippen LogP contribution >= 0.6 is 0 Å². The molecule has 0 unspecified atom stereocenters. The Kier molecular flexibility index (Phi) is 5.10. The van der Waals surface area contributed by atoms with Gasteiger partial charge in [0.1, 0.15) is 0 Å². The van der Waals surface area contributed by atoms with Gasteiger partial charge in [0.15, 0.2) is 0 Å². The Morgan fingerprint density at radius 1 is 1.47 bits per heavy atom. The lowest BCUT2D eigenvalue weighted by atomic mass is 10.0. The molecular weight excluding hydrogens is 214 g/mol. The highest BCUT2D eigenvalue weighted by molar-refractivity contribution is 5.81. The summed E-state index contributed by atoms with van der Waals surface area (Å²) in [4.78, 5) is 16.0. The number of carbonyl (C=O) groups is 1. The van der Waals surface area contributed by atoms with Crippen molar-refractivity contribution in [1.29, 1.82) is 0 Å². The second-order valence-corrected chi connectivity index (χ2v) is 4.72. The number of nitrogens with two attached hydrogens (primary N) is 1. The fraction of sp³-hybridized carbons (Fsp3) is 0.538. The molecule has 0 aliphatic carbocycles. The summed E-state index contributed by atoms with van der Waals surface area (Å²) < 4.78 is 0. The number of nitrogens with zero attached hydrogens (tertiary/aromatic N) is 1. The third-order valence-electron chi connectivity index (χ3n) is 2.45. The largest absolute Gasteiger partial charge is 0.349 e. The number of aryl methyl sites for hydroxylation is 1. The molecule has 0 aliphatic rings. The second kappa shape index (κ2) is 6.35. The van der Waals surface area contributed by atoms with Gasteiger partial charge in [0.25, 0.3) is 0 Å². The molecular formula is C13H21N3O. The Morgan fingerprint density at radius 3 is 2.76 bits per heavy atom. The van der Waals surface area contributed by atoms with Crippen LogP contribution in [0.3, 0.4) is 0 Å². The first-order valence-corrected chi connectivity index (χ1v) is 5.95. The Balaban J connectivity index is 2.43. The minimum absolute atomic E-state index is 0.109. The van der Waals surface area contributed by atoms with E-state index in [1.165, 1.54) is 0 Å². The van der Waals surface area contributed by atoms with Crippen LogP contribution in [0.4, 0.5) is 0 Å². The first-order chi connectivity index (χ1) is 7.99. The first kappa shape index (κ1) is 13.6. The lowest BCUT2D eigenvalue weighted by Crippen LogP contribution is -2.41. The number of hydrogen-bond acceptors (Lipinski definition) is 3. The molecule has 3 N–H and O–H groups in total. The normalized spacial score (nSPS) is 12.5. The Bertz CT molecular complexity index is 377. The second-order valence-electron chi connectivity index (χ2n) is 4.72. The summed E-state index contributed by atoms with van der Waals surface area (Å²) in [6.45, 7) is 6.46. The van der Waals surface area contributed by atoms with Crippen molar-refractivity contribution in [2.45, 2.75) is 39.8 Å². The zero-order chi connectivity index (χ0) is 12.8. The minimum Gasteiger partial charge on any atom is -0.349 e. The maximum atomic E-state index is 11.7. The molecule has 1 aromatic heterocycles. The van der Waals surface area contributed by atoms with Crippen LogP contribution in [0, 0.1) is 12.8 Å². The number of aromatic nitrogens is 1. The third kappa shape index (κ3) is 4.95. The zero-order valence-electron chi connectivity index (χ0n) is 10.7. The Morgan fingerprint density at radius 2 is 2.18 bits per heavy atom. The number of amides is 1. The smallest absolute Gasteiger partial charge is 0.237 e. The summed E-state index contributed by atoms with van der Waals surface area (Å²) in [5, 5.41) is 2.80. The molecule has 4 heteroatoms. The van der Waals surface area contributed by atoms with Crippen molar-refractivity contribution < 1.29 is 4.79 Å². The van der Waals surface area contributed by atoms with Gasteiger partial charge in [0.2, 0.25) is 5.91 Å². The van der Waals surface area contributed by atoms with Gasteiger partial charge in [-0.2, -0.15) is 0 Å². The molecule has 0 saturated carbocycles. The molecule has 0 bridgehead atoms. The van der Waals surface area contributed by atoms with Crippen LogP contribution in [0.2, 0.25) is 0 Å². The SMILES string of the molecule is Cc1cccc(CNC(=O)[C@@H](N)CC(C)C)n1. The van der Waals surface area contributed by atoms with E-state index in [9.17, 15) is 4.79 Å². The van der Waals surface area contributed by atoms with Gasteiger partial charge in [-0.25, -0.2) is 0 Å². The van der Waals surface area contributed by atoms with E-state index in [1.54, 1.807) is 0 Å². The highest BCUT2D eigenvalue weighted by Gasteiger charge is 2.14. The van der Waals surface area contributed by atoms with Crippen LogP contribution < -0.4 is 11.1 Å². The van der Waals surface area contributed by atoms with Gasteiger partial charge in [-0.3, -0.25) is 9.78 Å². The summed E-state index contributed by atoms with van der Waals surface area (Å²) in [6, 6.07) is 5.31. The van der Waals surface area contributed by atoms with Crippen LogP contribution in [0.15, 0.2) is 18.2 Å². The van der Waals surface area contributed by atoms with Crippen molar-refractivity contribution in [3.05, 3.63) is 29.6 Å². The minimum atomic E-state index is -0.431. The molecule has 0 spiro atoms. The van der Waals surface area contributed by atoms with Crippen molar-refractivity contribution >= 4 is 5.91 Å². The van der Waals surface area contributed by atoms with E-state index in [4.69, 9.17) is 5.73 Å². The van der Waals surface area contributed by atoms with Crippen molar-refractivity contribution in [2.24, 2.45) is 11.7 Å². The summed E-state index contributed by atoms with van der Waals surface area (Å²) in [5.41, 5.74) is 7.58. The van der Waals surface area contributed by atoms with Gasteiger partial charge in [-0.05, 0) is 31.4 Å². The number of nitrogens with one attached hydrogen (secondary N) is 1. The molecule has 0 fully saturated rings. The molecule has 0 aliphatic heterocycles. The molecule has 1 atom stereocenters. The van der Waals surface area contributed by atoms with Crippen molar-refractivity contribution in [2.75, 3.05) is 0 Å². The third-order valence-corrected chi connectivity index (χ3v) is 2.45. The maximum Gasteiger partial charge on any atom is 0.237 e. The van der Waals surface area contributed by atoms with Gasteiger partial charge >= 0.3 is 0 Å². The Labute approximate surface area is 103 Å². The number of hydrogen-bond donors (Lipinski definition) is 2. The summed E-state index contributed by atoms with van der Waals surface area (Å²) in [6.07, 6.45) is 0.701. The van der Waals surface area contributed by atoms with Gasteiger partial charge in [-0.1, -0.05) is 19.9 Å². The lowest BCUT2D eigenvalue weighted by molar-refractivity contribution is -0.122. The van der Waals surface area contributed by atoms with Crippen LogP contribution in [-0.4, -0.2) is 16.9 Å². The van der Waals surface area contributed by atoms with E-state index < -0.39 is 6.04 Å². The molecule has 1 heterocycles. The number of rotatable bonds is 5. The van der Waals surface area contributed by atoms with E-state index >= 15 is 0 Å². The predicted octanol–water partition coefficient (Wildman–Crippen LogP) is 1.38. The molecule has 1 amide bonds. The molecule has 0 saturated heterocycles. The predicted molar refractivity (Wildman–Crippen MR) is 68.3 cm³/mol. The van der Waals surface area contributed by atoms with Gasteiger partial charge in [-0.15, -0.1) is 0 Å². The highest BCUT2D eigenvalue weighted by Crippen LogP contribution is 2.03. The highest BCUT2D eigenvalue weighted by atomic mass is 16.2. The number of pyridine rings is 1. The van der Waals surface area contributed by atoms with Crippen LogP contribution in [0.5, 0.6) is 0 Å². The number of carbonyl (C=O) groups excluding carboxylic acids is 1. The van der Waals surface area contributed by atoms with Gasteiger partial charge in [0, 0.05) is 5.69 Å². The van der Waals surface area contributed by atoms with E-state index in [1.807, 2.05) is 25.1 Å². The fourth-order valence-corrected chi connectivity index (χ4v) is 1.62. The zero-order valence-corrected chi connectivity index (χ0v) is 10.7. The van der Waals surface area contributed by atoms with E-state index in [-0.39, 0.29) is 5.91 Å². The topological polar surface area (TPSA) is 68.0 Å². The quantitative estimate of drug-likeness (QED) is 0.810. The van der Waals surface area contributed by atoms with E-state index in [2.05, 4.69) is 24.1 Å². The van der Waals surface area contributed by atoms with Gasteiger partial charge in [0.05, 0.1) is 18.3 Å². The molecule has 94 valence electrons. The summed E-state index contributed by atoms with van der Waals surface area (Å²) >= 11 is 0. The first-order valence-electron chi connectivity index (χ1n) is 5.95. The van der Waals surface area contributed by atoms with Crippen LogP contribution in [-0.2, 0) is 11.3 Å². The van der Waals surface area contributed by atoms with Crippen LogP contribution in [0.1, 0.15) is 31.7 Å². The molecule has 1 rings (SSSR count). The van der Waals surface area contributed by atoms with Crippen molar-refractivity contribution in [3.63, 3.8) is 0 Å². The van der Waals surface area contributed by atoms with Gasteiger partial charge < -0.3 is 11.1 Å². The fourth-order valence-electron chi connectivity index (χ4n) is 1.62. The average Bonchev–Trinajstić information content (AvgIpc) is 2.25. The maximum absolute atomic E-state index is 11.7. The standard InChI is InChI=1S/C13H21N3O/c1-9(2)7-12(14)13(17)15-8-11-6-4-5-10(3)16-11/h4-6,9,12H,7-8,14H2,1-3H3,(H,15,17)/t12-/m0/s1. The molecule has 0 radical (unpaired) electrons. The van der Waals surface area contributed by atoms with Crippen molar-refractivity contribution in [3.8, 4) is 0 Å². The summed E-state index contributed by atoms with van der Waals surface area (Å²) in [7, 11) is 0. The van der Waals surface area contributed by atoms with Crippen molar-refractivity contribution in [1.82, 2.24) is 10.3 Å².